The Bertz CT molecular complexity index is 807. The van der Waals surface area contributed by atoms with Gasteiger partial charge in [0.25, 0.3) is 0 Å². The first-order valence-corrected chi connectivity index (χ1v) is 9.31. The first kappa shape index (κ1) is 20.3. The highest BCUT2D eigenvalue weighted by Gasteiger charge is 2.43. The summed E-state index contributed by atoms with van der Waals surface area (Å²) in [7, 11) is 3.20. The van der Waals surface area contributed by atoms with Gasteiger partial charge in [-0.05, 0) is 35.7 Å². The van der Waals surface area contributed by atoms with Crippen LogP contribution in [0.15, 0.2) is 48.5 Å². The van der Waals surface area contributed by atoms with Crippen LogP contribution >= 0.6 is 0 Å². The first-order chi connectivity index (χ1) is 13.5. The summed E-state index contributed by atoms with van der Waals surface area (Å²) in [5.41, 5.74) is 2.55. The van der Waals surface area contributed by atoms with Gasteiger partial charge < -0.3 is 19.1 Å². The summed E-state index contributed by atoms with van der Waals surface area (Å²) in [5, 5.41) is 0. The Balaban J connectivity index is 1.83. The molecule has 0 radical (unpaired) electrons. The predicted octanol–water partition coefficient (Wildman–Crippen LogP) is 4.60. The van der Waals surface area contributed by atoms with Crippen LogP contribution in [0.4, 0.5) is 9.18 Å². The van der Waals surface area contributed by atoms with Gasteiger partial charge in [0, 0.05) is 33.6 Å². The van der Waals surface area contributed by atoms with E-state index < -0.39 is 11.9 Å². The fourth-order valence-corrected chi connectivity index (χ4v) is 3.72. The monoisotopic (exact) mass is 387 g/mol. The van der Waals surface area contributed by atoms with E-state index >= 15 is 0 Å². The molecule has 150 valence electrons. The van der Waals surface area contributed by atoms with Crippen molar-refractivity contribution in [2.75, 3.05) is 20.8 Å². The topological polar surface area (TPSA) is 48.0 Å². The number of likely N-dealkylation sites (tertiary alicyclic amines) is 1. The number of rotatable bonds is 5. The van der Waals surface area contributed by atoms with E-state index in [-0.39, 0.29) is 18.5 Å². The van der Waals surface area contributed by atoms with Crippen LogP contribution in [0.1, 0.15) is 35.6 Å². The van der Waals surface area contributed by atoms with Gasteiger partial charge in [-0.1, -0.05) is 36.4 Å². The lowest BCUT2D eigenvalue weighted by molar-refractivity contribution is -0.236. The summed E-state index contributed by atoms with van der Waals surface area (Å²) >= 11 is 0. The molecule has 3 rings (SSSR count). The van der Waals surface area contributed by atoms with E-state index in [0.29, 0.717) is 19.4 Å². The molecule has 0 N–H and O–H groups in total. The maximum Gasteiger partial charge on any atom is 0.410 e. The molecule has 28 heavy (non-hydrogen) atoms. The number of amides is 1. The first-order valence-electron chi connectivity index (χ1n) is 9.31. The van der Waals surface area contributed by atoms with Gasteiger partial charge in [-0.25, -0.2) is 9.18 Å². The van der Waals surface area contributed by atoms with Gasteiger partial charge in [0.1, 0.15) is 12.4 Å². The molecule has 1 amide bonds. The molecule has 2 aromatic carbocycles. The molecule has 0 spiro atoms. The van der Waals surface area contributed by atoms with Crippen molar-refractivity contribution in [1.82, 2.24) is 4.90 Å². The number of ether oxygens (including phenoxy) is 3. The van der Waals surface area contributed by atoms with Crippen LogP contribution in [0.5, 0.6) is 0 Å². The number of benzene rings is 2. The summed E-state index contributed by atoms with van der Waals surface area (Å²) in [6.07, 6.45) is 0.558. The Morgan fingerprint density at radius 1 is 1.18 bits per heavy atom. The minimum absolute atomic E-state index is 0.199. The highest BCUT2D eigenvalue weighted by molar-refractivity contribution is 5.68. The quantitative estimate of drug-likeness (QED) is 0.704. The molecular formula is C22H26FNO4. The molecule has 2 aromatic rings. The summed E-state index contributed by atoms with van der Waals surface area (Å²) in [6.45, 7) is 2.45. The molecule has 0 saturated carbocycles. The van der Waals surface area contributed by atoms with Gasteiger partial charge in [-0.3, -0.25) is 0 Å². The number of piperidine rings is 1. The average molecular weight is 387 g/mol. The van der Waals surface area contributed by atoms with Crippen molar-refractivity contribution in [3.8, 4) is 0 Å². The zero-order valence-corrected chi connectivity index (χ0v) is 16.5. The molecule has 6 heteroatoms. The maximum atomic E-state index is 13.6. The van der Waals surface area contributed by atoms with E-state index in [0.717, 1.165) is 16.7 Å². The van der Waals surface area contributed by atoms with Crippen LogP contribution < -0.4 is 0 Å². The smallest absolute Gasteiger partial charge is 0.410 e. The summed E-state index contributed by atoms with van der Waals surface area (Å²) < 4.78 is 30.4. The van der Waals surface area contributed by atoms with Crippen LogP contribution in [0.2, 0.25) is 0 Å². The number of methoxy groups -OCH3 is 2. The van der Waals surface area contributed by atoms with Crippen LogP contribution in [0, 0.1) is 12.7 Å². The van der Waals surface area contributed by atoms with Crippen LogP contribution in [0.25, 0.3) is 0 Å². The molecule has 1 aliphatic rings. The Labute approximate surface area is 165 Å². The van der Waals surface area contributed by atoms with Crippen LogP contribution in [0.3, 0.4) is 0 Å². The lowest BCUT2D eigenvalue weighted by Crippen LogP contribution is -2.50. The van der Waals surface area contributed by atoms with Crippen molar-refractivity contribution >= 4 is 6.09 Å². The van der Waals surface area contributed by atoms with Crippen molar-refractivity contribution in [2.24, 2.45) is 0 Å². The number of halogens is 1. The van der Waals surface area contributed by atoms with Gasteiger partial charge in [0.05, 0.1) is 6.04 Å². The predicted molar refractivity (Wildman–Crippen MR) is 103 cm³/mol. The van der Waals surface area contributed by atoms with Crippen LogP contribution in [-0.2, 0) is 20.8 Å². The molecule has 0 unspecified atom stereocenters. The molecule has 0 aliphatic carbocycles. The summed E-state index contributed by atoms with van der Waals surface area (Å²) in [5.74, 6) is -1.10. The highest BCUT2D eigenvalue weighted by Crippen LogP contribution is 2.40. The van der Waals surface area contributed by atoms with Crippen LogP contribution in [-0.4, -0.2) is 37.5 Å². The molecule has 0 bridgehead atoms. The summed E-state index contributed by atoms with van der Waals surface area (Å²) in [6, 6.07) is 13.8. The Morgan fingerprint density at radius 2 is 1.89 bits per heavy atom. The Morgan fingerprint density at radius 3 is 2.54 bits per heavy atom. The molecule has 1 fully saturated rings. The Kier molecular flexibility index (Phi) is 6.31. The molecular weight excluding hydrogens is 361 g/mol. The average Bonchev–Trinajstić information content (AvgIpc) is 2.72. The van der Waals surface area contributed by atoms with E-state index in [2.05, 4.69) is 0 Å². The number of carbonyl (C=O) groups is 1. The number of carbonyl (C=O) groups excluding carboxylic acids is 1. The standard InChI is InChI=1S/C22H26FNO4/c1-16-13-18(23)9-10-19(16)20-14-22(26-2,27-3)11-12-24(20)21(25)28-15-17-7-5-4-6-8-17/h4-10,13,20H,11-12,14-15H2,1-3H3/t20-/m1/s1. The number of nitrogens with zero attached hydrogens (tertiary/aromatic N) is 1. The number of hydrogen-bond donors (Lipinski definition) is 0. The zero-order chi connectivity index (χ0) is 20.1. The van der Waals surface area contributed by atoms with E-state index in [1.807, 2.05) is 37.3 Å². The van der Waals surface area contributed by atoms with Crippen molar-refractivity contribution in [3.63, 3.8) is 0 Å². The highest BCUT2D eigenvalue weighted by atomic mass is 19.1. The van der Waals surface area contributed by atoms with Gasteiger partial charge in [0.2, 0.25) is 0 Å². The summed E-state index contributed by atoms with van der Waals surface area (Å²) in [4.78, 5) is 14.5. The van der Waals surface area contributed by atoms with E-state index in [4.69, 9.17) is 14.2 Å². The van der Waals surface area contributed by atoms with E-state index in [1.54, 1.807) is 25.2 Å². The van der Waals surface area contributed by atoms with Gasteiger partial charge in [0.15, 0.2) is 5.79 Å². The lowest BCUT2D eigenvalue weighted by Gasteiger charge is -2.44. The zero-order valence-electron chi connectivity index (χ0n) is 16.5. The Hall–Kier alpha value is -2.44. The SMILES string of the molecule is COC1(OC)CCN(C(=O)OCc2ccccc2)[C@@H](c2ccc(F)cc2C)C1. The molecule has 1 heterocycles. The normalized spacial score (nSPS) is 18.7. The number of aryl methyl sites for hydroxylation is 1. The molecule has 1 atom stereocenters. The molecule has 1 saturated heterocycles. The third kappa shape index (κ3) is 4.34. The molecule has 0 aromatic heterocycles. The van der Waals surface area contributed by atoms with E-state index in [1.165, 1.54) is 12.1 Å². The van der Waals surface area contributed by atoms with Crippen molar-refractivity contribution in [1.29, 1.82) is 0 Å². The largest absolute Gasteiger partial charge is 0.445 e. The van der Waals surface area contributed by atoms with Gasteiger partial charge in [-0.15, -0.1) is 0 Å². The third-order valence-corrected chi connectivity index (χ3v) is 5.39. The van der Waals surface area contributed by atoms with E-state index in [9.17, 15) is 9.18 Å². The fraction of sp³-hybridized carbons (Fsp3) is 0.409. The lowest BCUT2D eigenvalue weighted by atomic mass is 9.88. The van der Waals surface area contributed by atoms with Crippen molar-refractivity contribution < 1.29 is 23.4 Å². The van der Waals surface area contributed by atoms with Crippen molar-refractivity contribution in [2.45, 2.75) is 38.2 Å². The fourth-order valence-electron chi connectivity index (χ4n) is 3.72. The second-order valence-electron chi connectivity index (χ2n) is 7.02. The van der Waals surface area contributed by atoms with Gasteiger partial charge >= 0.3 is 6.09 Å². The molecule has 5 nitrogen and oxygen atoms in total. The van der Waals surface area contributed by atoms with Gasteiger partial charge in [-0.2, -0.15) is 0 Å². The van der Waals surface area contributed by atoms with Crippen molar-refractivity contribution in [3.05, 3.63) is 71.0 Å². The third-order valence-electron chi connectivity index (χ3n) is 5.39. The minimum Gasteiger partial charge on any atom is -0.445 e. The minimum atomic E-state index is -0.790. The molecule has 1 aliphatic heterocycles. The second-order valence-corrected chi connectivity index (χ2v) is 7.02. The second kappa shape index (κ2) is 8.71. The number of hydrogen-bond acceptors (Lipinski definition) is 4. The maximum absolute atomic E-state index is 13.6.